The Balaban J connectivity index is 1.69. The number of halogens is 1. The number of benzene rings is 2. The van der Waals surface area contributed by atoms with Gasteiger partial charge in [-0.2, -0.15) is 0 Å². The Morgan fingerprint density at radius 1 is 1.15 bits per heavy atom. The number of fused-ring (bicyclic) bond motifs is 1. The predicted molar refractivity (Wildman–Crippen MR) is 139 cm³/mol. The molecule has 4 rings (SSSR count). The first-order valence-electron chi connectivity index (χ1n) is 10.8. The van der Waals surface area contributed by atoms with Gasteiger partial charge in [0.05, 0.1) is 24.1 Å². The van der Waals surface area contributed by atoms with Gasteiger partial charge in [0, 0.05) is 33.9 Å². The summed E-state index contributed by atoms with van der Waals surface area (Å²) in [6, 6.07) is 11.7. The number of amides is 2. The fraction of sp³-hybridized carbons (Fsp3) is 0.308. The first-order chi connectivity index (χ1) is 15.6. The number of imide groups is 1. The molecule has 33 heavy (non-hydrogen) atoms. The Hall–Kier alpha value is -2.51. The van der Waals surface area contributed by atoms with Crippen LogP contribution in [0.15, 0.2) is 51.9 Å². The van der Waals surface area contributed by atoms with Crippen LogP contribution in [0, 0.1) is 0 Å². The highest BCUT2D eigenvalue weighted by Crippen LogP contribution is 2.43. The molecule has 0 saturated carbocycles. The zero-order valence-corrected chi connectivity index (χ0v) is 21.8. The van der Waals surface area contributed by atoms with Crippen molar-refractivity contribution in [2.24, 2.45) is 0 Å². The number of ether oxygens (including phenoxy) is 1. The number of carbonyl (C=O) groups is 2. The summed E-state index contributed by atoms with van der Waals surface area (Å²) in [4.78, 5) is 29.7. The third-order valence-electron chi connectivity index (χ3n) is 6.06. The molecule has 0 spiro atoms. The summed E-state index contributed by atoms with van der Waals surface area (Å²) in [7, 11) is 1.63. The molecule has 2 aromatic carbocycles. The van der Waals surface area contributed by atoms with E-state index in [4.69, 9.17) is 4.74 Å². The molecule has 2 heterocycles. The van der Waals surface area contributed by atoms with Gasteiger partial charge in [-0.1, -0.05) is 34.1 Å². The van der Waals surface area contributed by atoms with Gasteiger partial charge in [0.2, 0.25) is 0 Å². The van der Waals surface area contributed by atoms with Crippen LogP contribution in [-0.2, 0) is 11.3 Å². The average Bonchev–Trinajstić information content (AvgIpc) is 3.02. The van der Waals surface area contributed by atoms with Gasteiger partial charge in [-0.15, -0.1) is 0 Å². The van der Waals surface area contributed by atoms with Crippen LogP contribution >= 0.6 is 27.7 Å². The molecule has 1 fully saturated rings. The van der Waals surface area contributed by atoms with Crippen molar-refractivity contribution in [3.05, 3.63) is 68.5 Å². The minimum atomic E-state index is -0.281. The van der Waals surface area contributed by atoms with E-state index in [0.29, 0.717) is 10.7 Å². The van der Waals surface area contributed by atoms with Crippen LogP contribution in [0.2, 0.25) is 0 Å². The van der Waals surface area contributed by atoms with Crippen molar-refractivity contribution >= 4 is 56.2 Å². The summed E-state index contributed by atoms with van der Waals surface area (Å²) in [5, 5.41) is -0.263. The Morgan fingerprint density at radius 3 is 2.48 bits per heavy atom. The fourth-order valence-electron chi connectivity index (χ4n) is 4.54. The second-order valence-electron chi connectivity index (χ2n) is 8.73. The second kappa shape index (κ2) is 9.03. The normalized spacial score (nSPS) is 18.6. The van der Waals surface area contributed by atoms with Gasteiger partial charge < -0.3 is 9.64 Å². The minimum absolute atomic E-state index is 0.103. The molecular formula is C26H27BrN2O3S. The lowest BCUT2D eigenvalue weighted by atomic mass is 9.87. The van der Waals surface area contributed by atoms with Gasteiger partial charge in [0.15, 0.2) is 0 Å². The Morgan fingerprint density at radius 2 is 1.85 bits per heavy atom. The number of nitrogens with zero attached hydrogens (tertiary/aromatic N) is 2. The first-order valence-corrected chi connectivity index (χ1v) is 12.4. The average molecular weight is 527 g/mol. The van der Waals surface area contributed by atoms with Crippen LogP contribution in [-0.4, -0.2) is 35.2 Å². The number of anilines is 1. The molecule has 2 amide bonds. The second-order valence-corrected chi connectivity index (χ2v) is 10.6. The summed E-state index contributed by atoms with van der Waals surface area (Å²) in [5.41, 5.74) is 4.98. The molecular weight excluding hydrogens is 500 g/mol. The van der Waals surface area contributed by atoms with E-state index in [1.165, 1.54) is 10.5 Å². The van der Waals surface area contributed by atoms with Crippen molar-refractivity contribution in [3.63, 3.8) is 0 Å². The smallest absolute Gasteiger partial charge is 0.293 e. The van der Waals surface area contributed by atoms with Gasteiger partial charge in [-0.25, -0.2) is 0 Å². The third-order valence-corrected chi connectivity index (χ3v) is 7.50. The highest BCUT2D eigenvalue weighted by Gasteiger charge is 2.36. The van der Waals surface area contributed by atoms with E-state index in [9.17, 15) is 9.59 Å². The molecule has 0 bridgehead atoms. The van der Waals surface area contributed by atoms with Crippen molar-refractivity contribution in [2.75, 3.05) is 18.6 Å². The standard InChI is InChI=1S/C26H27BrN2O3S/c1-6-29-21-13-22(32-5)18(11-20(21)16(2)14-26(29,3)4)12-23-24(30)28(25(31)33-23)15-17-7-9-19(27)10-8-17/h7-14H,6,15H2,1-5H3/b23-12+. The SMILES string of the molecule is CCN1c2cc(OC)c(/C=C3/SC(=O)N(Cc4ccc(Br)cc4)C3=O)cc2C(C)=CC1(C)C. The number of rotatable bonds is 5. The maximum atomic E-state index is 13.1. The zero-order chi connectivity index (χ0) is 23.9. The van der Waals surface area contributed by atoms with E-state index in [1.54, 1.807) is 13.2 Å². The van der Waals surface area contributed by atoms with Crippen molar-refractivity contribution in [3.8, 4) is 5.75 Å². The fourth-order valence-corrected chi connectivity index (χ4v) is 5.63. The molecule has 0 N–H and O–H groups in total. The van der Waals surface area contributed by atoms with Crippen LogP contribution in [0.3, 0.4) is 0 Å². The summed E-state index contributed by atoms with van der Waals surface area (Å²) in [6.45, 7) is 9.76. The van der Waals surface area contributed by atoms with Crippen LogP contribution in [0.25, 0.3) is 11.6 Å². The van der Waals surface area contributed by atoms with E-state index in [1.807, 2.05) is 30.3 Å². The van der Waals surface area contributed by atoms with E-state index in [0.717, 1.165) is 45.2 Å². The van der Waals surface area contributed by atoms with Crippen LogP contribution in [0.5, 0.6) is 5.75 Å². The van der Waals surface area contributed by atoms with Crippen molar-refractivity contribution in [1.29, 1.82) is 0 Å². The predicted octanol–water partition coefficient (Wildman–Crippen LogP) is 6.72. The van der Waals surface area contributed by atoms with Gasteiger partial charge in [-0.3, -0.25) is 14.5 Å². The third kappa shape index (κ3) is 4.49. The van der Waals surface area contributed by atoms with Gasteiger partial charge in [0.1, 0.15) is 5.75 Å². The summed E-state index contributed by atoms with van der Waals surface area (Å²) in [6.07, 6.45) is 4.04. The van der Waals surface area contributed by atoms with Gasteiger partial charge >= 0.3 is 0 Å². The molecule has 0 radical (unpaired) electrons. The lowest BCUT2D eigenvalue weighted by Gasteiger charge is -2.43. The Bertz CT molecular complexity index is 1180. The van der Waals surface area contributed by atoms with Crippen molar-refractivity contribution in [2.45, 2.75) is 39.8 Å². The number of thioether (sulfide) groups is 1. The molecule has 1 saturated heterocycles. The van der Waals surface area contributed by atoms with E-state index < -0.39 is 0 Å². The van der Waals surface area contributed by atoms with Crippen molar-refractivity contribution < 1.29 is 14.3 Å². The molecule has 172 valence electrons. The molecule has 2 aliphatic rings. The Labute approximate surface area is 207 Å². The van der Waals surface area contributed by atoms with E-state index in [2.05, 4.69) is 60.7 Å². The molecule has 0 aromatic heterocycles. The number of allylic oxidation sites excluding steroid dienone is 1. The lowest BCUT2D eigenvalue weighted by molar-refractivity contribution is -0.123. The number of methoxy groups -OCH3 is 1. The molecule has 0 aliphatic carbocycles. The van der Waals surface area contributed by atoms with Gasteiger partial charge in [-0.05, 0) is 74.9 Å². The molecule has 7 heteroatoms. The highest BCUT2D eigenvalue weighted by atomic mass is 79.9. The topological polar surface area (TPSA) is 49.9 Å². The van der Waals surface area contributed by atoms with Gasteiger partial charge in [0.25, 0.3) is 11.1 Å². The minimum Gasteiger partial charge on any atom is -0.496 e. The largest absolute Gasteiger partial charge is 0.496 e. The molecule has 0 unspecified atom stereocenters. The number of carbonyl (C=O) groups excluding carboxylic acids is 2. The maximum Gasteiger partial charge on any atom is 0.293 e. The van der Waals surface area contributed by atoms with Crippen molar-refractivity contribution in [1.82, 2.24) is 4.90 Å². The number of hydrogen-bond acceptors (Lipinski definition) is 5. The highest BCUT2D eigenvalue weighted by molar-refractivity contribution is 9.10. The van der Waals surface area contributed by atoms with Crippen LogP contribution in [0.4, 0.5) is 10.5 Å². The summed E-state index contributed by atoms with van der Waals surface area (Å²) in [5.74, 6) is 0.397. The van der Waals surface area contributed by atoms with E-state index in [-0.39, 0.29) is 23.2 Å². The summed E-state index contributed by atoms with van der Waals surface area (Å²) < 4.78 is 6.65. The van der Waals surface area contributed by atoms with Crippen LogP contribution < -0.4 is 9.64 Å². The quantitative estimate of drug-likeness (QED) is 0.405. The Kier molecular flexibility index (Phi) is 6.47. The molecule has 2 aromatic rings. The molecule has 5 nitrogen and oxygen atoms in total. The van der Waals surface area contributed by atoms with Crippen LogP contribution in [0.1, 0.15) is 44.4 Å². The van der Waals surface area contributed by atoms with E-state index >= 15 is 0 Å². The first kappa shape index (κ1) is 23.6. The number of likely N-dealkylation sites (N-methyl/N-ethyl adjacent to an activating group) is 1. The number of hydrogen-bond donors (Lipinski definition) is 0. The lowest BCUT2D eigenvalue weighted by Crippen LogP contribution is -2.44. The molecule has 0 atom stereocenters. The monoisotopic (exact) mass is 526 g/mol. The zero-order valence-electron chi connectivity index (χ0n) is 19.4. The maximum absolute atomic E-state index is 13.1. The molecule has 2 aliphatic heterocycles. The summed E-state index contributed by atoms with van der Waals surface area (Å²) >= 11 is 4.38.